The molecule has 0 amide bonds. The first-order valence-corrected chi connectivity index (χ1v) is 7.97. The van der Waals surface area contributed by atoms with Gasteiger partial charge in [0.05, 0.1) is 23.3 Å². The first-order chi connectivity index (χ1) is 12.2. The summed E-state index contributed by atoms with van der Waals surface area (Å²) in [5.41, 5.74) is 1.13. The average molecular weight is 374 g/mol. The van der Waals surface area contributed by atoms with Crippen molar-refractivity contribution in [2.75, 3.05) is 26.3 Å². The SMILES string of the molecule is N#Cc1ccc(OCC[NH2+]CC(O)COc2cccc(C#N)c2)cc1.[Cl-]. The predicted octanol–water partition coefficient (Wildman–Crippen LogP) is -2.18. The van der Waals surface area contributed by atoms with Gasteiger partial charge in [0.15, 0.2) is 0 Å². The summed E-state index contributed by atoms with van der Waals surface area (Å²) in [5.74, 6) is 1.29. The van der Waals surface area contributed by atoms with Gasteiger partial charge < -0.3 is 32.3 Å². The average Bonchev–Trinajstić information content (AvgIpc) is 2.66. The van der Waals surface area contributed by atoms with Crippen LogP contribution < -0.4 is 27.2 Å². The van der Waals surface area contributed by atoms with Crippen molar-refractivity contribution in [1.29, 1.82) is 10.5 Å². The van der Waals surface area contributed by atoms with Crippen LogP contribution >= 0.6 is 0 Å². The molecule has 0 aliphatic carbocycles. The van der Waals surface area contributed by atoms with Crippen LogP contribution in [0, 0.1) is 22.7 Å². The van der Waals surface area contributed by atoms with Crippen molar-refractivity contribution in [2.24, 2.45) is 0 Å². The predicted molar refractivity (Wildman–Crippen MR) is 91.0 cm³/mol. The Balaban J connectivity index is 0.00000338. The highest BCUT2D eigenvalue weighted by molar-refractivity contribution is 5.36. The van der Waals surface area contributed by atoms with Gasteiger partial charge in [0, 0.05) is 0 Å². The third kappa shape index (κ3) is 7.42. The third-order valence-corrected chi connectivity index (χ3v) is 3.42. The molecule has 2 aromatic rings. The molecular formula is C19H20ClN3O3. The molecule has 26 heavy (non-hydrogen) atoms. The summed E-state index contributed by atoms with van der Waals surface area (Å²) in [6.45, 7) is 1.86. The Morgan fingerprint density at radius 1 is 0.962 bits per heavy atom. The number of quaternary nitrogens is 1. The van der Waals surface area contributed by atoms with Crippen molar-refractivity contribution in [3.05, 3.63) is 59.7 Å². The van der Waals surface area contributed by atoms with Gasteiger partial charge in [0.1, 0.15) is 43.9 Å². The van der Waals surface area contributed by atoms with E-state index >= 15 is 0 Å². The van der Waals surface area contributed by atoms with Crippen LogP contribution in [0.15, 0.2) is 48.5 Å². The maximum Gasteiger partial charge on any atom is 0.137 e. The maximum absolute atomic E-state index is 9.92. The minimum Gasteiger partial charge on any atom is -1.00 e. The van der Waals surface area contributed by atoms with Crippen LogP contribution in [-0.2, 0) is 0 Å². The molecule has 136 valence electrons. The largest absolute Gasteiger partial charge is 1.00 e. The van der Waals surface area contributed by atoms with E-state index in [1.807, 2.05) is 11.4 Å². The lowest BCUT2D eigenvalue weighted by atomic mass is 10.2. The number of hydrogen-bond donors (Lipinski definition) is 2. The zero-order valence-corrected chi connectivity index (χ0v) is 14.9. The van der Waals surface area contributed by atoms with Crippen LogP contribution in [0.2, 0.25) is 0 Å². The number of benzene rings is 2. The zero-order valence-electron chi connectivity index (χ0n) is 14.1. The fraction of sp³-hybridized carbons (Fsp3) is 0.263. The standard InChI is InChI=1S/C19H19N3O3.ClH/c20-11-15-4-6-18(7-5-15)24-9-8-22-13-17(23)14-25-19-3-1-2-16(10-19)12-21;/h1-7,10,17,22-23H,8-9,13-14H2;1H. The van der Waals surface area contributed by atoms with Crippen LogP contribution in [0.1, 0.15) is 11.1 Å². The normalized spacial score (nSPS) is 10.7. The summed E-state index contributed by atoms with van der Waals surface area (Å²) in [5, 5.41) is 29.4. The quantitative estimate of drug-likeness (QED) is 0.486. The molecule has 0 saturated heterocycles. The second-order valence-electron chi connectivity index (χ2n) is 5.40. The van der Waals surface area contributed by atoms with Gasteiger partial charge in [-0.25, -0.2) is 0 Å². The van der Waals surface area contributed by atoms with Crippen molar-refractivity contribution in [3.63, 3.8) is 0 Å². The van der Waals surface area contributed by atoms with E-state index in [9.17, 15) is 5.11 Å². The van der Waals surface area contributed by atoms with E-state index in [2.05, 4.69) is 6.07 Å². The van der Waals surface area contributed by atoms with Crippen molar-refractivity contribution >= 4 is 0 Å². The van der Waals surface area contributed by atoms with Crippen LogP contribution in [-0.4, -0.2) is 37.5 Å². The molecular weight excluding hydrogens is 354 g/mol. The number of nitrogens with zero attached hydrogens (tertiary/aromatic N) is 2. The molecule has 6 nitrogen and oxygen atoms in total. The number of aliphatic hydroxyl groups excluding tert-OH is 1. The van der Waals surface area contributed by atoms with Gasteiger partial charge >= 0.3 is 0 Å². The molecule has 2 rings (SSSR count). The smallest absolute Gasteiger partial charge is 0.137 e. The van der Waals surface area contributed by atoms with Crippen molar-refractivity contribution in [3.8, 4) is 23.6 Å². The fourth-order valence-electron chi connectivity index (χ4n) is 2.11. The van der Waals surface area contributed by atoms with E-state index in [-0.39, 0.29) is 19.0 Å². The van der Waals surface area contributed by atoms with Gasteiger partial charge in [-0.2, -0.15) is 10.5 Å². The molecule has 2 aromatic carbocycles. The van der Waals surface area contributed by atoms with E-state index in [1.165, 1.54) is 0 Å². The number of nitriles is 2. The lowest BCUT2D eigenvalue weighted by molar-refractivity contribution is -0.661. The zero-order chi connectivity index (χ0) is 17.9. The Kier molecular flexibility index (Phi) is 9.59. The number of hydrogen-bond acceptors (Lipinski definition) is 5. The first-order valence-electron chi connectivity index (χ1n) is 7.97. The van der Waals surface area contributed by atoms with Crippen LogP contribution in [0.5, 0.6) is 11.5 Å². The highest BCUT2D eigenvalue weighted by Crippen LogP contribution is 2.12. The molecule has 0 fully saturated rings. The molecule has 1 atom stereocenters. The van der Waals surface area contributed by atoms with Gasteiger partial charge in [-0.1, -0.05) is 6.07 Å². The molecule has 0 saturated carbocycles. The van der Waals surface area contributed by atoms with E-state index in [0.717, 1.165) is 0 Å². The van der Waals surface area contributed by atoms with E-state index in [1.54, 1.807) is 48.5 Å². The Hall–Kier alpha value is -2.77. The Bertz CT molecular complexity index is 754. The summed E-state index contributed by atoms with van der Waals surface area (Å²) >= 11 is 0. The first kappa shape index (κ1) is 21.3. The lowest BCUT2D eigenvalue weighted by Gasteiger charge is -2.12. The topological polar surface area (TPSA) is 103 Å². The second kappa shape index (κ2) is 11.7. The molecule has 1 unspecified atom stereocenters. The molecule has 0 aromatic heterocycles. The second-order valence-corrected chi connectivity index (χ2v) is 5.40. The summed E-state index contributed by atoms with van der Waals surface area (Å²) in [4.78, 5) is 0. The van der Waals surface area contributed by atoms with Crippen LogP contribution in [0.25, 0.3) is 0 Å². The van der Waals surface area contributed by atoms with Crippen LogP contribution in [0.3, 0.4) is 0 Å². The fourth-order valence-corrected chi connectivity index (χ4v) is 2.11. The van der Waals surface area contributed by atoms with Crippen molar-refractivity contribution < 1.29 is 32.3 Å². The molecule has 0 radical (unpaired) electrons. The summed E-state index contributed by atoms with van der Waals surface area (Å²) in [7, 11) is 0. The van der Waals surface area contributed by atoms with Gasteiger partial charge in [0.2, 0.25) is 0 Å². The van der Waals surface area contributed by atoms with Crippen LogP contribution in [0.4, 0.5) is 0 Å². The summed E-state index contributed by atoms with van der Waals surface area (Å²) in [6, 6.07) is 17.9. The monoisotopic (exact) mass is 373 g/mol. The number of rotatable bonds is 9. The van der Waals surface area contributed by atoms with Gasteiger partial charge in [-0.3, -0.25) is 0 Å². The molecule has 7 heteroatoms. The third-order valence-electron chi connectivity index (χ3n) is 3.42. The number of ether oxygens (including phenoxy) is 2. The molecule has 0 aliphatic rings. The van der Waals surface area contributed by atoms with E-state index < -0.39 is 6.10 Å². The van der Waals surface area contributed by atoms with Gasteiger partial charge in [0.25, 0.3) is 0 Å². The highest BCUT2D eigenvalue weighted by Gasteiger charge is 2.08. The Morgan fingerprint density at radius 3 is 2.38 bits per heavy atom. The van der Waals surface area contributed by atoms with Gasteiger partial charge in [-0.05, 0) is 42.5 Å². The Morgan fingerprint density at radius 2 is 1.69 bits per heavy atom. The molecule has 0 aliphatic heterocycles. The number of halogens is 1. The summed E-state index contributed by atoms with van der Waals surface area (Å²) in [6.07, 6.45) is -0.611. The molecule has 0 heterocycles. The minimum atomic E-state index is -0.611. The summed E-state index contributed by atoms with van der Waals surface area (Å²) < 4.78 is 11.0. The number of nitrogens with two attached hydrogens (primary N) is 1. The van der Waals surface area contributed by atoms with Gasteiger partial charge in [-0.15, -0.1) is 0 Å². The minimum absolute atomic E-state index is 0. The number of aliphatic hydroxyl groups is 1. The molecule has 3 N–H and O–H groups in total. The maximum atomic E-state index is 9.92. The Labute approximate surface area is 159 Å². The lowest BCUT2D eigenvalue weighted by Crippen LogP contribution is -3.00. The molecule has 0 spiro atoms. The van der Waals surface area contributed by atoms with E-state index in [0.29, 0.717) is 42.3 Å². The highest BCUT2D eigenvalue weighted by atomic mass is 35.5. The van der Waals surface area contributed by atoms with Crippen molar-refractivity contribution in [1.82, 2.24) is 0 Å². The van der Waals surface area contributed by atoms with Crippen molar-refractivity contribution in [2.45, 2.75) is 6.10 Å². The molecule has 0 bridgehead atoms. The van der Waals surface area contributed by atoms with E-state index in [4.69, 9.17) is 20.0 Å².